The summed E-state index contributed by atoms with van der Waals surface area (Å²) in [6, 6.07) is 4.79. The Morgan fingerprint density at radius 2 is 1.31 bits per heavy atom. The summed E-state index contributed by atoms with van der Waals surface area (Å²) in [6.45, 7) is 2.49. The summed E-state index contributed by atoms with van der Waals surface area (Å²) < 4.78 is 70.7. The van der Waals surface area contributed by atoms with E-state index < -0.39 is 53.3 Å². The van der Waals surface area contributed by atoms with Gasteiger partial charge >= 0.3 is 5.97 Å². The molecular weight excluding hydrogens is 361 g/mol. The molecular formula is C17H12F5NO3. The van der Waals surface area contributed by atoms with Crippen molar-refractivity contribution in [2.24, 2.45) is 0 Å². The first-order chi connectivity index (χ1) is 12.1. The normalized spacial score (nSPS) is 10.6. The van der Waals surface area contributed by atoms with Crippen molar-refractivity contribution in [3.8, 4) is 0 Å². The molecule has 0 aliphatic heterocycles. The molecule has 4 nitrogen and oxygen atoms in total. The van der Waals surface area contributed by atoms with Crippen molar-refractivity contribution in [2.45, 2.75) is 13.8 Å². The van der Waals surface area contributed by atoms with Crippen LogP contribution in [0.4, 0.5) is 27.6 Å². The monoisotopic (exact) mass is 373 g/mol. The van der Waals surface area contributed by atoms with Gasteiger partial charge in [0, 0.05) is 0 Å². The molecule has 0 unspecified atom stereocenters. The third-order valence-corrected chi connectivity index (χ3v) is 3.27. The van der Waals surface area contributed by atoms with E-state index in [0.29, 0.717) is 0 Å². The summed E-state index contributed by atoms with van der Waals surface area (Å²) in [7, 11) is 0. The van der Waals surface area contributed by atoms with Crippen molar-refractivity contribution in [2.75, 3.05) is 11.9 Å². The van der Waals surface area contributed by atoms with Crippen molar-refractivity contribution in [1.82, 2.24) is 0 Å². The second-order valence-electron chi connectivity index (χ2n) is 5.45. The molecule has 0 aromatic heterocycles. The number of nitrogens with one attached hydrogen (secondary N) is 1. The van der Waals surface area contributed by atoms with Gasteiger partial charge in [-0.25, -0.2) is 26.7 Å². The average Bonchev–Trinajstić information content (AvgIpc) is 2.59. The smallest absolute Gasteiger partial charge is 0.338 e. The summed E-state index contributed by atoms with van der Waals surface area (Å²) >= 11 is 0. The number of esters is 1. The molecule has 0 atom stereocenters. The number of hydrogen-bond donors (Lipinski definition) is 1. The highest BCUT2D eigenvalue weighted by Crippen LogP contribution is 2.27. The number of ether oxygens (including phenoxy) is 1. The molecule has 0 saturated carbocycles. The van der Waals surface area contributed by atoms with Gasteiger partial charge in [0.25, 0.3) is 5.91 Å². The first-order valence-electron chi connectivity index (χ1n) is 7.18. The molecule has 0 aliphatic carbocycles. The fraction of sp³-hybridized carbons (Fsp3) is 0.176. The molecule has 2 aromatic rings. The number of anilines is 1. The molecule has 1 N–H and O–H groups in total. The van der Waals surface area contributed by atoms with Crippen LogP contribution >= 0.6 is 0 Å². The zero-order valence-corrected chi connectivity index (χ0v) is 13.6. The largest absolute Gasteiger partial charge is 0.452 e. The topological polar surface area (TPSA) is 55.4 Å². The molecule has 0 radical (unpaired) electrons. The van der Waals surface area contributed by atoms with Gasteiger partial charge in [-0.2, -0.15) is 0 Å². The SMILES string of the molecule is Cc1cc(C)cc(C(=O)OCC(=O)Nc2c(F)c(F)c(F)c(F)c2F)c1. The molecule has 0 aliphatic rings. The van der Waals surface area contributed by atoms with Crippen LogP contribution in [-0.4, -0.2) is 18.5 Å². The van der Waals surface area contributed by atoms with E-state index in [2.05, 4.69) is 4.74 Å². The van der Waals surface area contributed by atoms with E-state index in [9.17, 15) is 31.5 Å². The number of carbonyl (C=O) groups is 2. The van der Waals surface area contributed by atoms with E-state index >= 15 is 0 Å². The lowest BCUT2D eigenvalue weighted by Crippen LogP contribution is -2.23. The van der Waals surface area contributed by atoms with Crippen molar-refractivity contribution >= 4 is 17.6 Å². The van der Waals surface area contributed by atoms with Crippen molar-refractivity contribution in [3.63, 3.8) is 0 Å². The highest BCUT2D eigenvalue weighted by Gasteiger charge is 2.27. The number of aryl methyl sites for hydroxylation is 2. The van der Waals surface area contributed by atoms with Gasteiger partial charge < -0.3 is 10.1 Å². The van der Waals surface area contributed by atoms with Gasteiger partial charge in [-0.3, -0.25) is 4.79 Å². The Morgan fingerprint density at radius 1 is 0.846 bits per heavy atom. The Labute approximate surface area is 144 Å². The molecule has 2 rings (SSSR count). The lowest BCUT2D eigenvalue weighted by molar-refractivity contribution is -0.119. The van der Waals surface area contributed by atoms with E-state index in [1.807, 2.05) is 0 Å². The van der Waals surface area contributed by atoms with Crippen LogP contribution in [0.25, 0.3) is 0 Å². The maximum absolute atomic E-state index is 13.5. The Morgan fingerprint density at radius 3 is 1.81 bits per heavy atom. The van der Waals surface area contributed by atoms with E-state index in [4.69, 9.17) is 0 Å². The molecule has 26 heavy (non-hydrogen) atoms. The second-order valence-corrected chi connectivity index (χ2v) is 5.45. The van der Waals surface area contributed by atoms with Gasteiger partial charge in [0.1, 0.15) is 5.69 Å². The molecule has 2 aromatic carbocycles. The molecule has 138 valence electrons. The molecule has 9 heteroatoms. The second kappa shape index (κ2) is 7.51. The van der Waals surface area contributed by atoms with E-state index in [0.717, 1.165) is 11.1 Å². The minimum Gasteiger partial charge on any atom is -0.452 e. The summed E-state index contributed by atoms with van der Waals surface area (Å²) in [5, 5.41) is 1.50. The summed E-state index contributed by atoms with van der Waals surface area (Å²) in [4.78, 5) is 23.5. The Bertz CT molecular complexity index is 849. The van der Waals surface area contributed by atoms with Crippen LogP contribution < -0.4 is 5.32 Å². The highest BCUT2D eigenvalue weighted by molar-refractivity contribution is 5.95. The summed E-state index contributed by atoms with van der Waals surface area (Å²) in [5.74, 6) is -13.3. The van der Waals surface area contributed by atoms with Gasteiger partial charge in [-0.1, -0.05) is 17.2 Å². The van der Waals surface area contributed by atoms with Gasteiger partial charge in [0.15, 0.2) is 29.9 Å². The lowest BCUT2D eigenvalue weighted by atomic mass is 10.1. The van der Waals surface area contributed by atoms with Gasteiger partial charge in [-0.15, -0.1) is 0 Å². The Hall–Kier alpha value is -2.97. The van der Waals surface area contributed by atoms with E-state index in [1.54, 1.807) is 19.9 Å². The van der Waals surface area contributed by atoms with Crippen LogP contribution in [0.5, 0.6) is 0 Å². The van der Waals surface area contributed by atoms with E-state index in [-0.39, 0.29) is 5.56 Å². The third kappa shape index (κ3) is 3.98. The third-order valence-electron chi connectivity index (χ3n) is 3.27. The first kappa shape index (κ1) is 19.4. The van der Waals surface area contributed by atoms with Crippen LogP contribution in [-0.2, 0) is 9.53 Å². The maximum atomic E-state index is 13.5. The van der Waals surface area contributed by atoms with E-state index in [1.165, 1.54) is 17.4 Å². The molecule has 0 fully saturated rings. The number of benzene rings is 2. The number of hydrogen-bond acceptors (Lipinski definition) is 3. The zero-order chi connectivity index (χ0) is 19.6. The number of carbonyl (C=O) groups excluding carboxylic acids is 2. The minimum atomic E-state index is -2.35. The maximum Gasteiger partial charge on any atom is 0.338 e. The van der Waals surface area contributed by atoms with Gasteiger partial charge in [-0.05, 0) is 26.0 Å². The van der Waals surface area contributed by atoms with Crippen molar-refractivity contribution in [1.29, 1.82) is 0 Å². The van der Waals surface area contributed by atoms with Crippen molar-refractivity contribution < 1.29 is 36.3 Å². The molecule has 0 bridgehead atoms. The molecule has 0 saturated heterocycles. The average molecular weight is 373 g/mol. The highest BCUT2D eigenvalue weighted by atomic mass is 19.2. The standard InChI is InChI=1S/C17H12F5NO3/c1-7-3-8(2)5-9(4-7)17(25)26-6-10(24)23-16-14(21)12(19)11(18)13(20)15(16)22/h3-5H,6H2,1-2H3,(H,23,24). The van der Waals surface area contributed by atoms with Gasteiger partial charge in [0.05, 0.1) is 5.56 Å². The predicted octanol–water partition coefficient (Wildman–Crippen LogP) is 3.79. The quantitative estimate of drug-likeness (QED) is 0.384. The first-order valence-corrected chi connectivity index (χ1v) is 7.18. The zero-order valence-electron chi connectivity index (χ0n) is 13.6. The molecule has 0 heterocycles. The Balaban J connectivity index is 2.09. The fourth-order valence-corrected chi connectivity index (χ4v) is 2.20. The van der Waals surface area contributed by atoms with Crippen molar-refractivity contribution in [3.05, 3.63) is 64.0 Å². The number of rotatable bonds is 4. The van der Waals surface area contributed by atoms with Crippen LogP contribution in [0, 0.1) is 42.9 Å². The molecule has 0 spiro atoms. The lowest BCUT2D eigenvalue weighted by Gasteiger charge is -2.10. The summed E-state index contributed by atoms with van der Waals surface area (Å²) in [6.07, 6.45) is 0. The van der Waals surface area contributed by atoms with Gasteiger partial charge in [0.2, 0.25) is 5.82 Å². The van der Waals surface area contributed by atoms with Crippen LogP contribution in [0.2, 0.25) is 0 Å². The number of halogens is 5. The fourth-order valence-electron chi connectivity index (χ4n) is 2.20. The number of amides is 1. The predicted molar refractivity (Wildman–Crippen MR) is 81.1 cm³/mol. The van der Waals surface area contributed by atoms with Crippen LogP contribution in [0.1, 0.15) is 21.5 Å². The summed E-state index contributed by atoms with van der Waals surface area (Å²) in [5.41, 5.74) is 0.158. The minimum absolute atomic E-state index is 0.145. The molecule has 1 amide bonds. The van der Waals surface area contributed by atoms with Crippen LogP contribution in [0.15, 0.2) is 18.2 Å². The van der Waals surface area contributed by atoms with Crippen LogP contribution in [0.3, 0.4) is 0 Å². The Kier molecular flexibility index (Phi) is 5.59.